The van der Waals surface area contributed by atoms with Crippen LogP contribution < -0.4 is 0 Å². The van der Waals surface area contributed by atoms with E-state index in [1.54, 1.807) is 0 Å². The Morgan fingerprint density at radius 1 is 0.722 bits per heavy atom. The van der Waals surface area contributed by atoms with Crippen molar-refractivity contribution in [2.75, 3.05) is 0 Å². The zero-order valence-corrected chi connectivity index (χ0v) is 13.4. The second kappa shape index (κ2) is 8.99. The molecular weight excluding hydrogens is 216 g/mol. The predicted molar refractivity (Wildman–Crippen MR) is 82.8 cm³/mol. The van der Waals surface area contributed by atoms with Crippen LogP contribution in [-0.4, -0.2) is 0 Å². The van der Waals surface area contributed by atoms with Crippen molar-refractivity contribution in [3.8, 4) is 0 Å². The maximum Gasteiger partial charge on any atom is -0.0389 e. The van der Waals surface area contributed by atoms with Crippen LogP contribution in [-0.2, 0) is 0 Å². The molecule has 1 unspecified atom stereocenters. The lowest BCUT2D eigenvalue weighted by Gasteiger charge is -2.26. The molecule has 0 amide bonds. The van der Waals surface area contributed by atoms with Crippen molar-refractivity contribution < 1.29 is 0 Å². The third kappa shape index (κ3) is 5.76. The number of hydrogen-bond donors (Lipinski definition) is 0. The molecular formula is C18H36. The lowest BCUT2D eigenvalue weighted by Crippen LogP contribution is -2.14. The fraction of sp³-hybridized carbons (Fsp3) is 1.00. The van der Waals surface area contributed by atoms with Gasteiger partial charge in [-0.25, -0.2) is 0 Å². The van der Waals surface area contributed by atoms with Gasteiger partial charge in [0.1, 0.15) is 0 Å². The molecule has 0 aromatic heterocycles. The number of hydrogen-bond acceptors (Lipinski definition) is 0. The minimum absolute atomic E-state index is 0.942. The Kier molecular flexibility index (Phi) is 8.02. The highest BCUT2D eigenvalue weighted by Crippen LogP contribution is 2.31. The molecule has 2 saturated carbocycles. The topological polar surface area (TPSA) is 0 Å². The van der Waals surface area contributed by atoms with E-state index in [1.807, 2.05) is 0 Å². The molecule has 108 valence electrons. The summed E-state index contributed by atoms with van der Waals surface area (Å²) in [5, 5.41) is 0. The van der Waals surface area contributed by atoms with E-state index < -0.39 is 0 Å². The molecule has 0 saturated heterocycles. The summed E-state index contributed by atoms with van der Waals surface area (Å²) < 4.78 is 0. The van der Waals surface area contributed by atoms with Crippen LogP contribution in [0.15, 0.2) is 0 Å². The van der Waals surface area contributed by atoms with Crippen molar-refractivity contribution in [3.05, 3.63) is 0 Å². The maximum atomic E-state index is 2.41. The van der Waals surface area contributed by atoms with Gasteiger partial charge in [0.15, 0.2) is 0 Å². The van der Waals surface area contributed by atoms with E-state index in [0.717, 1.165) is 23.7 Å². The summed E-state index contributed by atoms with van der Waals surface area (Å²) in [6.45, 7) is 9.42. The third-order valence-electron chi connectivity index (χ3n) is 5.44. The van der Waals surface area contributed by atoms with Crippen LogP contribution in [0.2, 0.25) is 0 Å². The highest BCUT2D eigenvalue weighted by Gasteiger charge is 2.18. The van der Waals surface area contributed by atoms with Gasteiger partial charge in [0.25, 0.3) is 0 Å². The zero-order valence-electron chi connectivity index (χ0n) is 13.4. The van der Waals surface area contributed by atoms with Gasteiger partial charge in [0.05, 0.1) is 0 Å². The molecule has 0 aliphatic heterocycles. The maximum absolute atomic E-state index is 2.41. The molecule has 2 rings (SSSR count). The van der Waals surface area contributed by atoms with Crippen molar-refractivity contribution >= 4 is 0 Å². The second-order valence-corrected chi connectivity index (χ2v) is 7.07. The predicted octanol–water partition coefficient (Wildman–Crippen LogP) is 6.45. The lowest BCUT2D eigenvalue weighted by molar-refractivity contribution is 0.258. The van der Waals surface area contributed by atoms with Gasteiger partial charge in [-0.05, 0) is 23.7 Å². The van der Waals surface area contributed by atoms with E-state index in [-0.39, 0.29) is 0 Å². The Bertz CT molecular complexity index is 182. The summed E-state index contributed by atoms with van der Waals surface area (Å²) in [6.07, 6.45) is 14.9. The normalized spacial score (nSPS) is 23.8. The van der Waals surface area contributed by atoms with Crippen LogP contribution in [0.25, 0.3) is 0 Å². The van der Waals surface area contributed by atoms with Crippen molar-refractivity contribution in [2.24, 2.45) is 23.7 Å². The molecule has 2 aliphatic carbocycles. The molecule has 0 N–H and O–H groups in total. The molecule has 0 heteroatoms. The first kappa shape index (κ1) is 16.1. The van der Waals surface area contributed by atoms with Gasteiger partial charge in [-0.2, -0.15) is 0 Å². The summed E-state index contributed by atoms with van der Waals surface area (Å²) in [6, 6.07) is 0. The smallest absolute Gasteiger partial charge is 0.0389 e. The standard InChI is InChI=1S/C10H20.C8H16/c1-3-9(2)10-7-5-4-6-8-10;1-7(2)8-5-3-4-6-8/h9-10H,3-8H2,1-2H3;7-8H,3-6H2,1-2H3. The van der Waals surface area contributed by atoms with Crippen LogP contribution in [0, 0.1) is 23.7 Å². The van der Waals surface area contributed by atoms with Crippen molar-refractivity contribution in [3.63, 3.8) is 0 Å². The van der Waals surface area contributed by atoms with Gasteiger partial charge < -0.3 is 0 Å². The van der Waals surface area contributed by atoms with E-state index in [1.165, 1.54) is 64.2 Å². The highest BCUT2D eigenvalue weighted by atomic mass is 14.2. The van der Waals surface area contributed by atoms with E-state index >= 15 is 0 Å². The van der Waals surface area contributed by atoms with Crippen LogP contribution in [0.1, 0.15) is 91.9 Å². The van der Waals surface area contributed by atoms with E-state index in [9.17, 15) is 0 Å². The molecule has 1 atom stereocenters. The Morgan fingerprint density at radius 2 is 1.17 bits per heavy atom. The summed E-state index contributed by atoms with van der Waals surface area (Å²) in [7, 11) is 0. The minimum atomic E-state index is 0.942. The molecule has 0 spiro atoms. The molecule has 2 aliphatic rings. The first-order valence-electron chi connectivity index (χ1n) is 8.65. The molecule has 0 nitrogen and oxygen atoms in total. The molecule has 2 fully saturated rings. The Balaban J connectivity index is 0.000000184. The van der Waals surface area contributed by atoms with Gasteiger partial charge in [-0.3, -0.25) is 0 Å². The second-order valence-electron chi connectivity index (χ2n) is 7.07. The Hall–Kier alpha value is 0. The SMILES string of the molecule is CC(C)C1CCCC1.CCC(C)C1CCCCC1. The fourth-order valence-electron chi connectivity index (χ4n) is 3.66. The fourth-order valence-corrected chi connectivity index (χ4v) is 3.66. The van der Waals surface area contributed by atoms with Crippen molar-refractivity contribution in [2.45, 2.75) is 91.9 Å². The quantitative estimate of drug-likeness (QED) is 0.542. The Morgan fingerprint density at radius 3 is 1.56 bits per heavy atom. The summed E-state index contributed by atoms with van der Waals surface area (Å²) in [5.74, 6) is 4.06. The van der Waals surface area contributed by atoms with Gasteiger partial charge in [0.2, 0.25) is 0 Å². The Labute approximate surface area is 116 Å². The minimum Gasteiger partial charge on any atom is -0.0651 e. The molecule has 0 aromatic carbocycles. The average Bonchev–Trinajstić information content (AvgIpc) is 2.94. The number of rotatable bonds is 3. The van der Waals surface area contributed by atoms with Gasteiger partial charge in [0, 0.05) is 0 Å². The highest BCUT2D eigenvalue weighted by molar-refractivity contribution is 4.70. The van der Waals surface area contributed by atoms with Crippen LogP contribution >= 0.6 is 0 Å². The molecule has 0 heterocycles. The summed E-state index contributed by atoms with van der Waals surface area (Å²) in [5.41, 5.74) is 0. The summed E-state index contributed by atoms with van der Waals surface area (Å²) in [4.78, 5) is 0. The molecule has 0 radical (unpaired) electrons. The van der Waals surface area contributed by atoms with Crippen molar-refractivity contribution in [1.29, 1.82) is 0 Å². The molecule has 0 aromatic rings. The lowest BCUT2D eigenvalue weighted by atomic mass is 9.80. The summed E-state index contributed by atoms with van der Waals surface area (Å²) >= 11 is 0. The third-order valence-corrected chi connectivity index (χ3v) is 5.44. The molecule has 0 bridgehead atoms. The van der Waals surface area contributed by atoms with Crippen molar-refractivity contribution in [1.82, 2.24) is 0 Å². The van der Waals surface area contributed by atoms with E-state index in [2.05, 4.69) is 27.7 Å². The average molecular weight is 252 g/mol. The van der Waals surface area contributed by atoms with Crippen LogP contribution in [0.4, 0.5) is 0 Å². The largest absolute Gasteiger partial charge is 0.0651 e. The zero-order chi connectivity index (χ0) is 13.4. The van der Waals surface area contributed by atoms with Crippen LogP contribution in [0.3, 0.4) is 0 Å². The monoisotopic (exact) mass is 252 g/mol. The van der Waals surface area contributed by atoms with E-state index in [0.29, 0.717) is 0 Å². The van der Waals surface area contributed by atoms with Gasteiger partial charge in [-0.15, -0.1) is 0 Å². The van der Waals surface area contributed by atoms with Crippen LogP contribution in [0.5, 0.6) is 0 Å². The molecule has 18 heavy (non-hydrogen) atoms. The van der Waals surface area contributed by atoms with Gasteiger partial charge in [-0.1, -0.05) is 91.9 Å². The van der Waals surface area contributed by atoms with Gasteiger partial charge >= 0.3 is 0 Å². The first-order chi connectivity index (χ1) is 8.65. The first-order valence-corrected chi connectivity index (χ1v) is 8.65. The van der Waals surface area contributed by atoms with E-state index in [4.69, 9.17) is 0 Å².